The molecule has 1 saturated heterocycles. The fourth-order valence-electron chi connectivity index (χ4n) is 7.08. The zero-order valence-corrected chi connectivity index (χ0v) is 36.3. The second kappa shape index (κ2) is 24.9. The van der Waals surface area contributed by atoms with Crippen LogP contribution in [0.25, 0.3) is 21.4 Å². The lowest BCUT2D eigenvalue weighted by Crippen LogP contribution is -2.43. The summed E-state index contributed by atoms with van der Waals surface area (Å²) in [4.78, 5) is 31.1. The number of aryl methyl sites for hydroxylation is 2. The molecule has 5 rings (SSSR count). The summed E-state index contributed by atoms with van der Waals surface area (Å²) in [6.07, 6.45) is 13.3. The van der Waals surface area contributed by atoms with Gasteiger partial charge in [-0.05, 0) is 80.6 Å². The molecule has 1 amide bonds. The predicted molar refractivity (Wildman–Crippen MR) is 232 cm³/mol. The minimum atomic E-state index is -4.40. The Morgan fingerprint density at radius 3 is 2.22 bits per heavy atom. The van der Waals surface area contributed by atoms with Gasteiger partial charge in [0.25, 0.3) is 5.91 Å². The van der Waals surface area contributed by atoms with Gasteiger partial charge in [0.2, 0.25) is 0 Å². The van der Waals surface area contributed by atoms with E-state index in [9.17, 15) is 27.2 Å². The minimum absolute atomic E-state index is 0.0162. The molecule has 0 spiro atoms. The van der Waals surface area contributed by atoms with Crippen LogP contribution in [0.4, 0.5) is 17.6 Å². The van der Waals surface area contributed by atoms with E-state index in [2.05, 4.69) is 29.9 Å². The monoisotopic (exact) mass is 865 g/mol. The van der Waals surface area contributed by atoms with Gasteiger partial charge in [0.1, 0.15) is 17.1 Å². The van der Waals surface area contributed by atoms with Crippen molar-refractivity contribution in [1.82, 2.24) is 15.2 Å². The summed E-state index contributed by atoms with van der Waals surface area (Å²) >= 11 is 7.38. The number of fused-ring (bicyclic) bond motifs is 1. The number of aromatic nitrogens is 1. The summed E-state index contributed by atoms with van der Waals surface area (Å²) in [6, 6.07) is 10.4. The largest absolute Gasteiger partial charge is 0.481 e. The molecule has 2 aromatic carbocycles. The molecular weight excluding hydrogens is 807 g/mol. The number of benzene rings is 2. The number of hydrogen-bond acceptors (Lipinski definition) is 8. The highest BCUT2D eigenvalue weighted by molar-refractivity contribution is 7.99. The van der Waals surface area contributed by atoms with Crippen LogP contribution in [0.1, 0.15) is 136 Å². The molecule has 2 aromatic heterocycles. The van der Waals surface area contributed by atoms with Crippen molar-refractivity contribution >= 4 is 58.6 Å². The van der Waals surface area contributed by atoms with Crippen molar-refractivity contribution in [1.29, 1.82) is 0 Å². The molecule has 58 heavy (non-hydrogen) atoms. The van der Waals surface area contributed by atoms with Crippen molar-refractivity contribution in [3.8, 4) is 10.4 Å². The second-order valence-corrected chi connectivity index (χ2v) is 17.7. The molecule has 320 valence electrons. The second-order valence-electron chi connectivity index (χ2n) is 15.0. The van der Waals surface area contributed by atoms with Crippen LogP contribution in [0.3, 0.4) is 0 Å². The van der Waals surface area contributed by atoms with Gasteiger partial charge in [-0.1, -0.05) is 96.1 Å². The third-order valence-electron chi connectivity index (χ3n) is 10.2. The molecular formula is C44H59F4N3O4S3. The van der Waals surface area contributed by atoms with E-state index in [1.54, 1.807) is 30.0 Å². The summed E-state index contributed by atoms with van der Waals surface area (Å²) in [6.45, 7) is 6.00. The first-order chi connectivity index (χ1) is 27.9. The summed E-state index contributed by atoms with van der Waals surface area (Å²) in [7, 11) is 0. The van der Waals surface area contributed by atoms with Gasteiger partial charge in [0.15, 0.2) is 5.09 Å². The van der Waals surface area contributed by atoms with Crippen LogP contribution in [0.2, 0.25) is 0 Å². The lowest BCUT2D eigenvalue weighted by Gasteiger charge is -2.24. The molecule has 7 nitrogen and oxygen atoms in total. The first-order valence-electron chi connectivity index (χ1n) is 20.7. The molecule has 1 atom stereocenters. The van der Waals surface area contributed by atoms with Gasteiger partial charge in [-0.2, -0.15) is 13.2 Å². The zero-order valence-electron chi connectivity index (χ0n) is 33.8. The van der Waals surface area contributed by atoms with Crippen LogP contribution < -0.4 is 5.32 Å². The van der Waals surface area contributed by atoms with E-state index in [0.29, 0.717) is 40.5 Å². The van der Waals surface area contributed by atoms with Crippen LogP contribution in [-0.4, -0.2) is 57.6 Å². The predicted octanol–water partition coefficient (Wildman–Crippen LogP) is 13.0. The lowest BCUT2D eigenvalue weighted by atomic mass is 9.99. The Kier molecular flexibility index (Phi) is 20.4. The van der Waals surface area contributed by atoms with Gasteiger partial charge >= 0.3 is 12.1 Å². The standard InChI is InChI=1S/C25H36FN3OS2.C19H23F3O3S/c1-3-4-5-6-7-8-9-10-15-27-16-22-17-31-18-29(22)25(30)23-24(32-19(2)28-23)20-11-13-21(26)14-12-20;20-19(21,22)14-10-13(15-12-18(26)25-16(15)11-14)8-6-4-2-1-3-5-7-9-17(23)24/h11-14,22,27H,3-10,15-18H2,1-2H3;10-12,26H,1-9H2,(H,23,24)/t22-;/m1./s1. The van der Waals surface area contributed by atoms with Gasteiger partial charge in [-0.25, -0.2) is 9.37 Å². The normalized spacial score (nSPS) is 14.3. The highest BCUT2D eigenvalue weighted by atomic mass is 32.2. The summed E-state index contributed by atoms with van der Waals surface area (Å²) in [5, 5.41) is 14.0. The van der Waals surface area contributed by atoms with E-state index in [1.165, 1.54) is 80.9 Å². The summed E-state index contributed by atoms with van der Waals surface area (Å²) in [5.74, 6) is 0.591. The Hall–Kier alpha value is -3.07. The van der Waals surface area contributed by atoms with Crippen LogP contribution >= 0.6 is 35.7 Å². The molecule has 1 aliphatic heterocycles. The average molecular weight is 866 g/mol. The first-order valence-corrected chi connectivity index (χ1v) is 23.2. The van der Waals surface area contributed by atoms with E-state index in [1.807, 2.05) is 11.8 Å². The number of alkyl halides is 3. The van der Waals surface area contributed by atoms with E-state index in [0.717, 1.165) is 78.9 Å². The number of thiazole rings is 1. The molecule has 0 unspecified atom stereocenters. The summed E-state index contributed by atoms with van der Waals surface area (Å²) in [5.41, 5.74) is 1.51. The zero-order chi connectivity index (χ0) is 41.9. The van der Waals surface area contributed by atoms with Gasteiger partial charge < -0.3 is 19.7 Å². The first kappa shape index (κ1) is 47.6. The number of nitrogens with zero attached hydrogens (tertiary/aromatic N) is 2. The number of carbonyl (C=O) groups excluding carboxylic acids is 1. The van der Waals surface area contributed by atoms with Crippen molar-refractivity contribution in [2.24, 2.45) is 0 Å². The Morgan fingerprint density at radius 2 is 1.57 bits per heavy atom. The molecule has 14 heteroatoms. The number of thiol groups is 1. The molecule has 0 bridgehead atoms. The topological polar surface area (TPSA) is 95.7 Å². The van der Waals surface area contributed by atoms with Crippen molar-refractivity contribution in [2.75, 3.05) is 24.7 Å². The Labute approximate surface area is 354 Å². The van der Waals surface area contributed by atoms with Gasteiger partial charge in [-0.3, -0.25) is 9.59 Å². The van der Waals surface area contributed by atoms with E-state index < -0.39 is 17.7 Å². The average Bonchev–Trinajstić information content (AvgIpc) is 3.92. The molecule has 0 saturated carbocycles. The van der Waals surface area contributed by atoms with Gasteiger partial charge in [-0.15, -0.1) is 35.7 Å². The van der Waals surface area contributed by atoms with E-state index in [4.69, 9.17) is 9.52 Å². The van der Waals surface area contributed by atoms with Gasteiger partial charge in [0, 0.05) is 24.1 Å². The Morgan fingerprint density at radius 1 is 0.931 bits per heavy atom. The molecule has 0 aliphatic carbocycles. The highest BCUT2D eigenvalue weighted by Crippen LogP contribution is 2.36. The van der Waals surface area contributed by atoms with Crippen molar-refractivity contribution in [3.05, 3.63) is 70.1 Å². The van der Waals surface area contributed by atoms with Crippen molar-refractivity contribution in [3.63, 3.8) is 0 Å². The van der Waals surface area contributed by atoms with Crippen LogP contribution in [0, 0.1) is 12.7 Å². The fourth-order valence-corrected chi connectivity index (χ4v) is 9.42. The number of halogens is 4. The maximum absolute atomic E-state index is 13.4. The number of furan rings is 1. The third-order valence-corrected chi connectivity index (χ3v) is 12.6. The van der Waals surface area contributed by atoms with Crippen molar-refractivity contribution < 1.29 is 36.7 Å². The Balaban J connectivity index is 0.000000262. The van der Waals surface area contributed by atoms with E-state index >= 15 is 0 Å². The van der Waals surface area contributed by atoms with Crippen LogP contribution in [-0.2, 0) is 17.4 Å². The third kappa shape index (κ3) is 15.8. The minimum Gasteiger partial charge on any atom is -0.481 e. The lowest BCUT2D eigenvalue weighted by molar-refractivity contribution is -0.138. The van der Waals surface area contributed by atoms with Crippen LogP contribution in [0.15, 0.2) is 52.0 Å². The number of carbonyl (C=O) groups is 2. The maximum atomic E-state index is 13.4. The number of hydrogen-bond donors (Lipinski definition) is 3. The number of carboxylic acids is 1. The van der Waals surface area contributed by atoms with Crippen LogP contribution in [0.5, 0.6) is 0 Å². The number of amides is 1. The fraction of sp³-hybridized carbons (Fsp3) is 0.568. The molecule has 1 fully saturated rings. The molecule has 4 aromatic rings. The number of nitrogens with one attached hydrogen (secondary N) is 1. The molecule has 2 N–H and O–H groups in total. The number of aliphatic carboxylic acids is 1. The number of unbranched alkanes of at least 4 members (excludes halogenated alkanes) is 13. The number of carboxylic acid groups (broad SMARTS) is 1. The van der Waals surface area contributed by atoms with Crippen molar-refractivity contribution in [2.45, 2.75) is 140 Å². The summed E-state index contributed by atoms with van der Waals surface area (Å²) < 4.78 is 57.7. The SMILES string of the molecule is CCCCCCCCCCNC[C@@H]1CSCN1C(=O)c1nc(C)sc1-c1ccc(F)cc1.O=C(O)CCCCCCCCCc1cc(C(F)(F)F)cc2oc(S)cc12. The highest BCUT2D eigenvalue weighted by Gasteiger charge is 2.33. The Bertz CT molecular complexity index is 1850. The maximum Gasteiger partial charge on any atom is 0.416 e. The quantitative estimate of drug-likeness (QED) is 0.0388. The van der Waals surface area contributed by atoms with E-state index in [-0.39, 0.29) is 29.8 Å². The number of rotatable bonds is 23. The molecule has 0 radical (unpaired) electrons. The molecule has 3 heterocycles. The molecule has 1 aliphatic rings. The smallest absolute Gasteiger partial charge is 0.416 e. The van der Waals surface area contributed by atoms with Gasteiger partial charge in [0.05, 0.1) is 27.4 Å². The number of thioether (sulfide) groups is 1.